The second-order valence-electron chi connectivity index (χ2n) is 9.06. The fraction of sp³-hybridized carbons (Fsp3) is 0.500. The van der Waals surface area contributed by atoms with Gasteiger partial charge in [-0.3, -0.25) is 4.79 Å². The molecule has 0 fully saturated rings. The van der Waals surface area contributed by atoms with Crippen LogP contribution in [0.3, 0.4) is 0 Å². The van der Waals surface area contributed by atoms with Gasteiger partial charge in [0, 0.05) is 45.0 Å². The molecule has 0 aromatic carbocycles. The number of nitrogens with zero attached hydrogens (tertiary/aromatic N) is 3. The Kier molecular flexibility index (Phi) is 5.83. The van der Waals surface area contributed by atoms with E-state index in [1.54, 1.807) is 37.8 Å². The van der Waals surface area contributed by atoms with Crippen LogP contribution in [-0.2, 0) is 22.4 Å². The Morgan fingerprint density at radius 2 is 1.84 bits per heavy atom. The molecule has 164 valence electrons. The second kappa shape index (κ2) is 8.28. The van der Waals surface area contributed by atoms with Crippen LogP contribution < -0.4 is 4.74 Å². The summed E-state index contributed by atoms with van der Waals surface area (Å²) in [5, 5.41) is 1.12. The normalized spacial score (nSPS) is 15.0. The highest BCUT2D eigenvalue weighted by molar-refractivity contribution is 7.19. The van der Waals surface area contributed by atoms with Gasteiger partial charge < -0.3 is 9.47 Å². The highest BCUT2D eigenvalue weighted by atomic mass is 32.1. The molecule has 1 atom stereocenters. The smallest absolute Gasteiger partial charge is 0.316 e. The monoisotopic (exact) mass is 439 g/mol. The zero-order valence-electron chi connectivity index (χ0n) is 19.0. The zero-order valence-corrected chi connectivity index (χ0v) is 19.9. The molecule has 0 saturated heterocycles. The highest BCUT2D eigenvalue weighted by Gasteiger charge is 2.32. The first kappa shape index (κ1) is 21.8. The van der Waals surface area contributed by atoms with Crippen molar-refractivity contribution in [1.82, 2.24) is 15.0 Å². The first-order valence-corrected chi connectivity index (χ1v) is 11.5. The van der Waals surface area contributed by atoms with Crippen molar-refractivity contribution in [3.8, 4) is 17.1 Å². The van der Waals surface area contributed by atoms with E-state index in [4.69, 9.17) is 14.5 Å². The van der Waals surface area contributed by atoms with Gasteiger partial charge in [0.05, 0.1) is 12.7 Å². The van der Waals surface area contributed by atoms with Gasteiger partial charge in [-0.2, -0.15) is 0 Å². The SMILES string of the molecule is COc1ncc(-c2c(C(OC(C)(C)C)C(C)=O)c(C)nc3sc4c(c23)CCCC4)cn1. The number of carbonyl (C=O) groups excluding carboxylic acids is 1. The fourth-order valence-electron chi connectivity index (χ4n) is 4.29. The van der Waals surface area contributed by atoms with E-state index in [0.29, 0.717) is 6.01 Å². The molecule has 0 saturated carbocycles. The number of Topliss-reactive ketones (excluding diaryl/α,β-unsaturated/α-hetero) is 1. The number of hydrogen-bond acceptors (Lipinski definition) is 7. The molecule has 0 N–H and O–H groups in total. The van der Waals surface area contributed by atoms with Gasteiger partial charge in [-0.1, -0.05) is 0 Å². The fourth-order valence-corrected chi connectivity index (χ4v) is 5.60. The molecule has 3 aromatic rings. The van der Waals surface area contributed by atoms with E-state index >= 15 is 0 Å². The van der Waals surface area contributed by atoms with E-state index in [0.717, 1.165) is 51.9 Å². The van der Waals surface area contributed by atoms with Crippen LogP contribution in [0.15, 0.2) is 12.4 Å². The minimum Gasteiger partial charge on any atom is -0.467 e. The predicted molar refractivity (Wildman–Crippen MR) is 123 cm³/mol. The first-order valence-electron chi connectivity index (χ1n) is 10.7. The molecule has 4 rings (SSSR count). The topological polar surface area (TPSA) is 74.2 Å². The molecule has 0 spiro atoms. The van der Waals surface area contributed by atoms with Crippen molar-refractivity contribution in [3.05, 3.63) is 34.1 Å². The molecule has 7 heteroatoms. The maximum atomic E-state index is 12.8. The van der Waals surface area contributed by atoms with Crippen molar-refractivity contribution < 1.29 is 14.3 Å². The number of thiophene rings is 1. The van der Waals surface area contributed by atoms with E-state index in [-0.39, 0.29) is 5.78 Å². The number of aryl methyl sites for hydroxylation is 3. The maximum Gasteiger partial charge on any atom is 0.316 e. The molecular weight excluding hydrogens is 410 g/mol. The summed E-state index contributed by atoms with van der Waals surface area (Å²) in [4.78, 5) is 28.9. The standard InChI is InChI=1S/C24H29N3O3S/c1-13-18(21(14(2)28)30-24(3,4)5)19(15-11-25-23(29-6)26-12-15)20-16-9-7-8-10-17(16)31-22(20)27-13/h11-12,21H,7-10H2,1-6H3. The van der Waals surface area contributed by atoms with E-state index < -0.39 is 11.7 Å². The van der Waals surface area contributed by atoms with Crippen LogP contribution in [0, 0.1) is 6.92 Å². The van der Waals surface area contributed by atoms with Crippen LogP contribution in [0.25, 0.3) is 21.3 Å². The molecule has 0 amide bonds. The average molecular weight is 440 g/mol. The van der Waals surface area contributed by atoms with Crippen LogP contribution in [0.1, 0.15) is 68.3 Å². The molecule has 0 radical (unpaired) electrons. The number of hydrogen-bond donors (Lipinski definition) is 0. The van der Waals surface area contributed by atoms with Crippen LogP contribution in [0.4, 0.5) is 0 Å². The summed E-state index contributed by atoms with van der Waals surface area (Å²) in [6.45, 7) is 9.44. The molecular formula is C24H29N3O3S. The molecule has 3 aromatic heterocycles. The van der Waals surface area contributed by atoms with Crippen molar-refractivity contribution >= 4 is 27.3 Å². The molecule has 3 heterocycles. The predicted octanol–water partition coefficient (Wildman–Crippen LogP) is 5.39. The van der Waals surface area contributed by atoms with Gasteiger partial charge in [0.2, 0.25) is 0 Å². The minimum atomic E-state index is -0.715. The summed E-state index contributed by atoms with van der Waals surface area (Å²) in [5.41, 5.74) is 4.30. The van der Waals surface area contributed by atoms with E-state index in [1.165, 1.54) is 16.9 Å². The molecule has 1 unspecified atom stereocenters. The molecule has 0 bridgehead atoms. The minimum absolute atomic E-state index is 0.0426. The van der Waals surface area contributed by atoms with Crippen LogP contribution in [0.5, 0.6) is 6.01 Å². The lowest BCUT2D eigenvalue weighted by Crippen LogP contribution is -2.27. The number of ketones is 1. The van der Waals surface area contributed by atoms with Gasteiger partial charge in [0.15, 0.2) is 5.78 Å². The van der Waals surface area contributed by atoms with Crippen LogP contribution in [-0.4, -0.2) is 33.4 Å². The molecule has 1 aliphatic carbocycles. The summed E-state index contributed by atoms with van der Waals surface area (Å²) < 4.78 is 11.5. The summed E-state index contributed by atoms with van der Waals surface area (Å²) in [6.07, 6.45) is 7.29. The van der Waals surface area contributed by atoms with E-state index in [1.807, 2.05) is 27.7 Å². The molecule has 6 nitrogen and oxygen atoms in total. The Balaban J connectivity index is 2.06. The van der Waals surface area contributed by atoms with Gasteiger partial charge in [-0.15, -0.1) is 11.3 Å². The quantitative estimate of drug-likeness (QED) is 0.530. The van der Waals surface area contributed by atoms with Crippen molar-refractivity contribution in [2.24, 2.45) is 0 Å². The number of carbonyl (C=O) groups is 1. The molecule has 1 aliphatic rings. The van der Waals surface area contributed by atoms with Crippen LogP contribution in [0.2, 0.25) is 0 Å². The van der Waals surface area contributed by atoms with E-state index in [2.05, 4.69) is 9.97 Å². The number of aromatic nitrogens is 3. The third-order valence-corrected chi connectivity index (χ3v) is 6.72. The Hall–Kier alpha value is -2.38. The third kappa shape index (κ3) is 4.21. The zero-order chi connectivity index (χ0) is 22.3. The summed E-state index contributed by atoms with van der Waals surface area (Å²) >= 11 is 1.77. The van der Waals surface area contributed by atoms with Gasteiger partial charge >= 0.3 is 6.01 Å². The Bertz CT molecular complexity index is 1130. The summed E-state index contributed by atoms with van der Waals surface area (Å²) in [5.74, 6) is -0.0426. The lowest BCUT2D eigenvalue weighted by Gasteiger charge is -2.29. The molecule has 31 heavy (non-hydrogen) atoms. The summed E-state index contributed by atoms with van der Waals surface area (Å²) in [7, 11) is 1.55. The second-order valence-corrected chi connectivity index (χ2v) is 10.1. The van der Waals surface area contributed by atoms with Gasteiger partial charge in [-0.05, 0) is 65.9 Å². The van der Waals surface area contributed by atoms with Crippen molar-refractivity contribution in [2.75, 3.05) is 7.11 Å². The van der Waals surface area contributed by atoms with Crippen molar-refractivity contribution in [1.29, 1.82) is 0 Å². The van der Waals surface area contributed by atoms with Crippen molar-refractivity contribution in [3.63, 3.8) is 0 Å². The van der Waals surface area contributed by atoms with Crippen LogP contribution >= 0.6 is 11.3 Å². The number of rotatable bonds is 5. The Labute approximate surface area is 187 Å². The molecule has 0 aliphatic heterocycles. The van der Waals surface area contributed by atoms with Gasteiger partial charge in [0.25, 0.3) is 0 Å². The number of methoxy groups -OCH3 is 1. The average Bonchev–Trinajstić information content (AvgIpc) is 3.08. The number of pyridine rings is 1. The van der Waals surface area contributed by atoms with Gasteiger partial charge in [-0.25, -0.2) is 15.0 Å². The Morgan fingerprint density at radius 1 is 1.16 bits per heavy atom. The largest absolute Gasteiger partial charge is 0.467 e. The highest BCUT2D eigenvalue weighted by Crippen LogP contribution is 2.45. The lowest BCUT2D eigenvalue weighted by molar-refractivity contribution is -0.138. The third-order valence-electron chi connectivity index (χ3n) is 5.53. The van der Waals surface area contributed by atoms with E-state index in [9.17, 15) is 4.79 Å². The summed E-state index contributed by atoms with van der Waals surface area (Å²) in [6, 6.07) is 0.314. The number of fused-ring (bicyclic) bond motifs is 3. The first-order chi connectivity index (χ1) is 14.7. The Morgan fingerprint density at radius 3 is 2.45 bits per heavy atom. The maximum absolute atomic E-state index is 12.8. The number of ether oxygens (including phenoxy) is 2. The van der Waals surface area contributed by atoms with Gasteiger partial charge in [0.1, 0.15) is 10.9 Å². The lowest BCUT2D eigenvalue weighted by atomic mass is 9.88. The van der Waals surface area contributed by atoms with Crippen molar-refractivity contribution in [2.45, 2.75) is 72.0 Å².